The van der Waals surface area contributed by atoms with E-state index in [9.17, 15) is 37.1 Å². The molecule has 2 aromatic heterocycles. The van der Waals surface area contributed by atoms with Crippen molar-refractivity contribution >= 4 is 48.5 Å². The molecule has 0 bridgehead atoms. The smallest absolute Gasteiger partial charge is 0.291 e. The molecule has 0 atom stereocenters. The van der Waals surface area contributed by atoms with Crippen LogP contribution in [-0.4, -0.2) is 111 Å². The Hall–Kier alpha value is -6.19. The number of hydrogen-bond donors (Lipinski definition) is 2. The number of nitrogens with one attached hydrogen (secondary N) is 1. The number of aliphatic hydroxyl groups is 1. The van der Waals surface area contributed by atoms with Gasteiger partial charge in [0.2, 0.25) is 0 Å². The molecule has 2 fully saturated rings. The van der Waals surface area contributed by atoms with Crippen LogP contribution < -0.4 is 10.2 Å². The summed E-state index contributed by atoms with van der Waals surface area (Å²) in [5.41, 5.74) is 1.81. The first-order chi connectivity index (χ1) is 32.7. The Bertz CT molecular complexity index is 2730. The van der Waals surface area contributed by atoms with Crippen molar-refractivity contribution < 1.29 is 31.8 Å². The van der Waals surface area contributed by atoms with Crippen molar-refractivity contribution in [3.63, 3.8) is 0 Å². The van der Waals surface area contributed by atoms with E-state index in [0.717, 1.165) is 45.3 Å². The second-order valence-electron chi connectivity index (χ2n) is 15.5. The first-order valence-electron chi connectivity index (χ1n) is 21.8. The number of sulfone groups is 2. The lowest BCUT2D eigenvalue weighted by molar-refractivity contribution is -0.385. The second kappa shape index (κ2) is 26.4. The average molecular weight is 988 g/mol. The zero-order valence-electron chi connectivity index (χ0n) is 37.6. The normalized spacial score (nSPS) is 14.2. The van der Waals surface area contributed by atoms with Crippen molar-refractivity contribution in [2.75, 3.05) is 63.9 Å². The number of benzene rings is 4. The maximum absolute atomic E-state index is 12.8. The van der Waals surface area contributed by atoms with Crippen molar-refractivity contribution in [3.05, 3.63) is 193 Å². The molecule has 0 spiro atoms. The number of nitrogens with zero attached hydrogens (tertiary/aromatic N) is 7. The second-order valence-corrected chi connectivity index (χ2v) is 19.8. The highest BCUT2D eigenvalue weighted by atomic mass is 35.5. The molecule has 2 aliphatic rings. The van der Waals surface area contributed by atoms with Crippen LogP contribution in [0.5, 0.6) is 0 Å². The first-order valence-corrected chi connectivity index (χ1v) is 25.5. The molecule has 2 aliphatic heterocycles. The molecule has 17 nitrogen and oxygen atoms in total. The molecule has 0 radical (unpaired) electrons. The monoisotopic (exact) mass is 986 g/mol. The van der Waals surface area contributed by atoms with E-state index in [4.69, 9.17) is 16.7 Å². The molecule has 4 aromatic carbocycles. The molecule has 0 amide bonds. The Morgan fingerprint density at radius 2 is 0.956 bits per heavy atom. The van der Waals surface area contributed by atoms with Crippen molar-refractivity contribution in [1.29, 1.82) is 0 Å². The summed E-state index contributed by atoms with van der Waals surface area (Å²) >= 11 is 5.67. The Morgan fingerprint density at radius 3 is 1.38 bits per heavy atom. The van der Waals surface area contributed by atoms with Crippen LogP contribution in [0.4, 0.5) is 17.2 Å². The van der Waals surface area contributed by atoms with E-state index < -0.39 is 41.0 Å². The molecule has 2 N–H and O–H groups in total. The van der Waals surface area contributed by atoms with Gasteiger partial charge in [-0.3, -0.25) is 30.0 Å². The van der Waals surface area contributed by atoms with Gasteiger partial charge in [-0.15, -0.1) is 0 Å². The zero-order valence-corrected chi connectivity index (χ0v) is 40.0. The van der Waals surface area contributed by atoms with Gasteiger partial charge in [0.05, 0.1) is 19.6 Å². The molecule has 6 aromatic rings. The van der Waals surface area contributed by atoms with Crippen molar-refractivity contribution in [3.8, 4) is 0 Å². The number of aromatic nitrogens is 2. The fourth-order valence-electron chi connectivity index (χ4n) is 7.14. The summed E-state index contributed by atoms with van der Waals surface area (Å²) in [6.07, 6.45) is 0. The minimum atomic E-state index is -3.75. The van der Waals surface area contributed by atoms with Gasteiger partial charge in [0, 0.05) is 84.2 Å². The number of pyridine rings is 2. The molecule has 0 aliphatic carbocycles. The standard InChI is InChI=1S/C23H24N4O4S.C12H9ClN2O4S.C11H16N2.C2H6O/c28-27(29)22-11-12-23(24-21(22)18-32(30,31)20-9-5-2-6-10-20)26-15-13-25(14-16-26)17-19-7-3-1-4-8-19;13-12-7-6-11(15(16)17)10(14-12)8-20(18,19)9-4-2-1-3-5-9;1-2-4-11(5-3-1)10-13-8-6-12-7-9-13;1-2-3/h1-12H,13-18H2;1-7H,8H2;1-5,12H,6-10H2;3H,2H2,1H3. The maximum atomic E-state index is 12.8. The number of halogens is 1. The van der Waals surface area contributed by atoms with Crippen LogP contribution in [0.3, 0.4) is 0 Å². The third-order valence-corrected chi connectivity index (χ3v) is 14.0. The van der Waals surface area contributed by atoms with Crippen molar-refractivity contribution in [1.82, 2.24) is 25.1 Å². The zero-order chi connectivity index (χ0) is 48.9. The van der Waals surface area contributed by atoms with Gasteiger partial charge in [0.25, 0.3) is 11.4 Å². The lowest BCUT2D eigenvalue weighted by Crippen LogP contribution is -2.46. The Balaban J connectivity index is 0.000000203. The topological polar surface area (TPSA) is 222 Å². The van der Waals surface area contributed by atoms with Crippen LogP contribution in [0.25, 0.3) is 0 Å². The Labute approximate surface area is 402 Å². The van der Waals surface area contributed by atoms with Gasteiger partial charge >= 0.3 is 0 Å². The fourth-order valence-corrected chi connectivity index (χ4v) is 9.93. The van der Waals surface area contributed by atoms with E-state index in [1.807, 2.05) is 23.1 Å². The van der Waals surface area contributed by atoms with E-state index in [1.54, 1.807) is 49.4 Å². The number of anilines is 1. The van der Waals surface area contributed by atoms with Crippen LogP contribution in [0.15, 0.2) is 155 Å². The van der Waals surface area contributed by atoms with Gasteiger partial charge in [-0.1, -0.05) is 109 Å². The highest BCUT2D eigenvalue weighted by Gasteiger charge is 2.27. The van der Waals surface area contributed by atoms with Crippen molar-refractivity contribution in [2.24, 2.45) is 0 Å². The van der Waals surface area contributed by atoms with E-state index in [1.165, 1.54) is 60.6 Å². The summed E-state index contributed by atoms with van der Waals surface area (Å²) in [5, 5.41) is 33.3. The minimum Gasteiger partial charge on any atom is -0.397 e. The highest BCUT2D eigenvalue weighted by Crippen LogP contribution is 2.27. The summed E-state index contributed by atoms with van der Waals surface area (Å²) in [4.78, 5) is 36.4. The quantitative estimate of drug-likeness (QED) is 0.0676. The molecule has 68 heavy (non-hydrogen) atoms. The summed E-state index contributed by atoms with van der Waals surface area (Å²) < 4.78 is 50.0. The molecule has 20 heteroatoms. The maximum Gasteiger partial charge on any atom is 0.291 e. The van der Waals surface area contributed by atoms with Crippen molar-refractivity contribution in [2.45, 2.75) is 41.3 Å². The molecule has 8 rings (SSSR count). The summed E-state index contributed by atoms with van der Waals surface area (Å²) in [7, 11) is -7.47. The fraction of sp³-hybridized carbons (Fsp3) is 0.292. The number of nitro groups is 2. The van der Waals surface area contributed by atoms with Gasteiger partial charge in [-0.25, -0.2) is 26.8 Å². The van der Waals surface area contributed by atoms with E-state index in [-0.39, 0.29) is 44.3 Å². The SMILES string of the molecule is CCO.O=[N+]([O-])c1ccc(Cl)nc1CS(=O)(=O)c1ccccc1.O=[N+]([O-])c1ccc(N2CCN(Cc3ccccc3)CC2)nc1CS(=O)(=O)c1ccccc1.c1ccc(CN2CCNCC2)cc1. The molecule has 360 valence electrons. The largest absolute Gasteiger partial charge is 0.397 e. The van der Waals surface area contributed by atoms with Crippen LogP contribution in [0.2, 0.25) is 5.15 Å². The molecular weight excluding hydrogens is 932 g/mol. The Morgan fingerprint density at radius 1 is 0.574 bits per heavy atom. The predicted octanol–water partition coefficient (Wildman–Crippen LogP) is 6.99. The summed E-state index contributed by atoms with van der Waals surface area (Å²) in [6, 6.07) is 41.9. The summed E-state index contributed by atoms with van der Waals surface area (Å²) in [6.45, 7) is 11.6. The lowest BCUT2D eigenvalue weighted by atomic mass is 10.2. The van der Waals surface area contributed by atoms with E-state index in [2.05, 4.69) is 67.5 Å². The third-order valence-electron chi connectivity index (χ3n) is 10.5. The van der Waals surface area contributed by atoms with Crippen LogP contribution >= 0.6 is 11.6 Å². The van der Waals surface area contributed by atoms with Gasteiger partial charge < -0.3 is 15.3 Å². The predicted molar refractivity (Wildman–Crippen MR) is 263 cm³/mol. The molecule has 4 heterocycles. The van der Waals surface area contributed by atoms with Gasteiger partial charge in [-0.05, 0) is 54.4 Å². The van der Waals surface area contributed by atoms with E-state index >= 15 is 0 Å². The molecular formula is C48H55ClN8O9S2. The number of rotatable bonds is 13. The minimum absolute atomic E-state index is 0.00821. The molecule has 2 saturated heterocycles. The summed E-state index contributed by atoms with van der Waals surface area (Å²) in [5.74, 6) is -0.531. The van der Waals surface area contributed by atoms with Crippen LogP contribution in [0.1, 0.15) is 29.4 Å². The number of hydrogen-bond acceptors (Lipinski definition) is 15. The molecule has 0 saturated carbocycles. The Kier molecular flexibility index (Phi) is 20.5. The van der Waals surface area contributed by atoms with Crippen LogP contribution in [-0.2, 0) is 44.3 Å². The highest BCUT2D eigenvalue weighted by molar-refractivity contribution is 7.91. The number of piperazine rings is 2. The van der Waals surface area contributed by atoms with Gasteiger partial charge in [-0.2, -0.15) is 0 Å². The third kappa shape index (κ3) is 16.5. The van der Waals surface area contributed by atoms with Gasteiger partial charge in [0.1, 0.15) is 33.9 Å². The van der Waals surface area contributed by atoms with Crippen LogP contribution in [0, 0.1) is 20.2 Å². The van der Waals surface area contributed by atoms with Gasteiger partial charge in [0.15, 0.2) is 19.7 Å². The average Bonchev–Trinajstić information content (AvgIpc) is 3.34. The lowest BCUT2D eigenvalue weighted by Gasteiger charge is -2.35. The molecule has 0 unspecified atom stereocenters. The first kappa shape index (κ1) is 52.8. The van der Waals surface area contributed by atoms with E-state index in [0.29, 0.717) is 18.9 Å². The number of aliphatic hydroxyl groups excluding tert-OH is 1.